The molecule has 0 saturated carbocycles. The third-order valence-corrected chi connectivity index (χ3v) is 1.32. The highest BCUT2D eigenvalue weighted by Gasteiger charge is 2.07. The van der Waals surface area contributed by atoms with E-state index in [0.29, 0.717) is 5.56 Å². The van der Waals surface area contributed by atoms with Crippen molar-refractivity contribution in [2.24, 2.45) is 5.73 Å². The summed E-state index contributed by atoms with van der Waals surface area (Å²) in [5.41, 5.74) is 5.56. The maximum atomic E-state index is 10.6. The van der Waals surface area contributed by atoms with Crippen molar-refractivity contribution in [2.75, 3.05) is 0 Å². The molecule has 1 aromatic rings. The van der Waals surface area contributed by atoms with Gasteiger partial charge in [0.25, 0.3) is 0 Å². The van der Waals surface area contributed by atoms with Crippen LogP contribution in [-0.2, 0) is 4.79 Å². The highest BCUT2D eigenvalue weighted by Crippen LogP contribution is 2.15. The van der Waals surface area contributed by atoms with Crippen LogP contribution in [0.2, 0.25) is 0 Å². The summed E-state index contributed by atoms with van der Waals surface area (Å²) in [6, 6.07) is 1.48. The van der Waals surface area contributed by atoms with E-state index in [4.69, 9.17) is 15.9 Å². The van der Waals surface area contributed by atoms with E-state index in [0.717, 1.165) is 0 Å². The van der Waals surface area contributed by atoms with E-state index in [1.165, 1.54) is 25.4 Å². The number of esters is 1. The standard InChI is InChI=1S/C8H9N3O2/c1-5(12)13-7-2-3-11-4-6(7)8(9)10/h2-4H,1H3,(H3,9,10). The van der Waals surface area contributed by atoms with E-state index in [9.17, 15) is 4.79 Å². The minimum Gasteiger partial charge on any atom is -0.426 e. The highest BCUT2D eigenvalue weighted by atomic mass is 16.5. The SMILES string of the molecule is CC(=O)Oc1ccncc1C(=N)N. The molecule has 0 spiro atoms. The van der Waals surface area contributed by atoms with Gasteiger partial charge in [-0.3, -0.25) is 15.2 Å². The Balaban J connectivity index is 3.04. The molecule has 0 aliphatic heterocycles. The summed E-state index contributed by atoms with van der Waals surface area (Å²) in [5, 5.41) is 7.17. The van der Waals surface area contributed by atoms with Crippen LogP contribution in [0.25, 0.3) is 0 Å². The maximum absolute atomic E-state index is 10.6. The van der Waals surface area contributed by atoms with E-state index in [-0.39, 0.29) is 11.6 Å². The second-order valence-electron chi connectivity index (χ2n) is 2.38. The van der Waals surface area contributed by atoms with Gasteiger partial charge in [0.05, 0.1) is 5.56 Å². The monoisotopic (exact) mass is 179 g/mol. The van der Waals surface area contributed by atoms with Gasteiger partial charge in [-0.25, -0.2) is 0 Å². The molecule has 13 heavy (non-hydrogen) atoms. The molecule has 0 unspecified atom stereocenters. The number of carbonyl (C=O) groups excluding carboxylic acids is 1. The van der Waals surface area contributed by atoms with Crippen LogP contribution in [0.5, 0.6) is 5.75 Å². The Hall–Kier alpha value is -1.91. The zero-order valence-electron chi connectivity index (χ0n) is 7.07. The van der Waals surface area contributed by atoms with E-state index in [1.807, 2.05) is 0 Å². The molecule has 1 heterocycles. The van der Waals surface area contributed by atoms with Crippen LogP contribution >= 0.6 is 0 Å². The molecule has 0 radical (unpaired) electrons. The molecule has 0 bridgehead atoms. The molecule has 1 rings (SSSR count). The Bertz CT molecular complexity index is 349. The van der Waals surface area contributed by atoms with Crippen molar-refractivity contribution in [3.05, 3.63) is 24.0 Å². The second kappa shape index (κ2) is 3.66. The number of nitrogen functional groups attached to an aromatic ring is 1. The molecule has 5 nitrogen and oxygen atoms in total. The normalized spacial score (nSPS) is 9.31. The highest BCUT2D eigenvalue weighted by molar-refractivity contribution is 5.97. The van der Waals surface area contributed by atoms with Crippen molar-refractivity contribution in [3.63, 3.8) is 0 Å². The first-order chi connectivity index (χ1) is 6.11. The van der Waals surface area contributed by atoms with E-state index >= 15 is 0 Å². The number of carbonyl (C=O) groups is 1. The molecule has 5 heteroatoms. The van der Waals surface area contributed by atoms with Crippen molar-refractivity contribution in [2.45, 2.75) is 6.92 Å². The molecule has 0 aliphatic carbocycles. The number of amidine groups is 1. The molecule has 0 amide bonds. The summed E-state index contributed by atoms with van der Waals surface area (Å²) in [4.78, 5) is 14.4. The first-order valence-electron chi connectivity index (χ1n) is 3.58. The average Bonchev–Trinajstić information content (AvgIpc) is 2.03. The van der Waals surface area contributed by atoms with Crippen LogP contribution in [0.3, 0.4) is 0 Å². The predicted molar refractivity (Wildman–Crippen MR) is 46.6 cm³/mol. The molecule has 0 fully saturated rings. The van der Waals surface area contributed by atoms with Gasteiger partial charge < -0.3 is 10.5 Å². The lowest BCUT2D eigenvalue weighted by atomic mass is 10.2. The Morgan fingerprint density at radius 3 is 2.92 bits per heavy atom. The number of aromatic nitrogens is 1. The van der Waals surface area contributed by atoms with Crippen molar-refractivity contribution in [1.29, 1.82) is 5.41 Å². The summed E-state index contributed by atoms with van der Waals surface area (Å²) in [5.74, 6) is -0.368. The molecular formula is C8H9N3O2. The number of hydrogen-bond acceptors (Lipinski definition) is 4. The molecular weight excluding hydrogens is 170 g/mol. The largest absolute Gasteiger partial charge is 0.426 e. The number of hydrogen-bond donors (Lipinski definition) is 2. The Morgan fingerprint density at radius 2 is 2.38 bits per heavy atom. The fraction of sp³-hybridized carbons (Fsp3) is 0.125. The number of rotatable bonds is 2. The zero-order valence-corrected chi connectivity index (χ0v) is 7.07. The van der Waals surface area contributed by atoms with Gasteiger partial charge >= 0.3 is 5.97 Å². The third kappa shape index (κ3) is 2.26. The van der Waals surface area contributed by atoms with Crippen LogP contribution in [0.1, 0.15) is 12.5 Å². The number of nitrogens with zero attached hydrogens (tertiary/aromatic N) is 1. The summed E-state index contributed by atoms with van der Waals surface area (Å²) >= 11 is 0. The van der Waals surface area contributed by atoms with E-state index < -0.39 is 5.97 Å². The van der Waals surface area contributed by atoms with Gasteiger partial charge in [-0.05, 0) is 6.07 Å². The topological polar surface area (TPSA) is 89.1 Å². The van der Waals surface area contributed by atoms with Crippen LogP contribution in [0.4, 0.5) is 0 Å². The smallest absolute Gasteiger partial charge is 0.308 e. The van der Waals surface area contributed by atoms with E-state index in [1.54, 1.807) is 0 Å². The van der Waals surface area contributed by atoms with Crippen LogP contribution in [0.15, 0.2) is 18.5 Å². The molecule has 0 saturated heterocycles. The minimum atomic E-state index is -0.450. The van der Waals surface area contributed by atoms with Gasteiger partial charge in [-0.2, -0.15) is 0 Å². The fourth-order valence-corrected chi connectivity index (χ4v) is 0.828. The van der Waals surface area contributed by atoms with Crippen molar-refractivity contribution >= 4 is 11.8 Å². The summed E-state index contributed by atoms with van der Waals surface area (Å²) < 4.78 is 4.81. The summed E-state index contributed by atoms with van der Waals surface area (Å²) in [7, 11) is 0. The zero-order chi connectivity index (χ0) is 9.84. The molecule has 3 N–H and O–H groups in total. The van der Waals surface area contributed by atoms with Gasteiger partial charge in [0.1, 0.15) is 11.6 Å². The van der Waals surface area contributed by atoms with Crippen molar-refractivity contribution < 1.29 is 9.53 Å². The molecule has 68 valence electrons. The first-order valence-corrected chi connectivity index (χ1v) is 3.58. The third-order valence-electron chi connectivity index (χ3n) is 1.32. The fourth-order valence-electron chi connectivity index (χ4n) is 0.828. The minimum absolute atomic E-state index is 0.177. The lowest BCUT2D eigenvalue weighted by Gasteiger charge is -2.05. The van der Waals surface area contributed by atoms with Gasteiger partial charge in [-0.1, -0.05) is 0 Å². The number of pyridine rings is 1. The number of nitrogens with two attached hydrogens (primary N) is 1. The quantitative estimate of drug-likeness (QED) is 0.388. The van der Waals surface area contributed by atoms with Crippen molar-refractivity contribution in [1.82, 2.24) is 4.98 Å². The van der Waals surface area contributed by atoms with Gasteiger partial charge in [0.2, 0.25) is 0 Å². The lowest BCUT2D eigenvalue weighted by molar-refractivity contribution is -0.131. The molecule has 0 aromatic carbocycles. The predicted octanol–water partition coefficient (Wildman–Crippen LogP) is 0.291. The summed E-state index contributed by atoms with van der Waals surface area (Å²) in [6.07, 6.45) is 2.84. The second-order valence-corrected chi connectivity index (χ2v) is 2.38. The first kappa shape index (κ1) is 9.18. The van der Waals surface area contributed by atoms with Gasteiger partial charge in [-0.15, -0.1) is 0 Å². The van der Waals surface area contributed by atoms with Gasteiger partial charge in [0.15, 0.2) is 0 Å². The van der Waals surface area contributed by atoms with Crippen molar-refractivity contribution in [3.8, 4) is 5.75 Å². The van der Waals surface area contributed by atoms with Crippen LogP contribution in [-0.4, -0.2) is 16.8 Å². The molecule has 0 atom stereocenters. The van der Waals surface area contributed by atoms with E-state index in [2.05, 4.69) is 4.98 Å². The molecule has 1 aromatic heterocycles. The average molecular weight is 179 g/mol. The molecule has 0 aliphatic rings. The maximum Gasteiger partial charge on any atom is 0.308 e. The van der Waals surface area contributed by atoms with Gasteiger partial charge in [0, 0.05) is 19.3 Å². The lowest BCUT2D eigenvalue weighted by Crippen LogP contribution is -2.14. The number of nitrogens with one attached hydrogen (secondary N) is 1. The summed E-state index contributed by atoms with van der Waals surface area (Å²) in [6.45, 7) is 1.28. The number of ether oxygens (including phenoxy) is 1. The Morgan fingerprint density at radius 1 is 1.69 bits per heavy atom. The Kier molecular flexibility index (Phi) is 2.59. The van der Waals surface area contributed by atoms with Crippen LogP contribution < -0.4 is 10.5 Å². The van der Waals surface area contributed by atoms with Crippen LogP contribution in [0, 0.1) is 5.41 Å². The Labute approximate surface area is 75.0 Å².